The van der Waals surface area contributed by atoms with Gasteiger partial charge in [-0.1, -0.05) is 57.2 Å². The monoisotopic (exact) mass is 793 g/mol. The fourth-order valence-electron chi connectivity index (χ4n) is 6.62. The average Bonchev–Trinajstić information content (AvgIpc) is 3.77. The number of halogens is 2. The van der Waals surface area contributed by atoms with E-state index in [1.54, 1.807) is 25.7 Å². The van der Waals surface area contributed by atoms with Gasteiger partial charge in [0.25, 0.3) is 5.91 Å². The fraction of sp³-hybridized carbons (Fsp3) is 0.514. The molecule has 2 saturated heterocycles. The Morgan fingerprint density at radius 1 is 1.04 bits per heavy atom. The molecule has 13 nitrogen and oxygen atoms in total. The number of morpholine rings is 1. The highest BCUT2D eigenvalue weighted by Crippen LogP contribution is 2.67. The highest BCUT2D eigenvalue weighted by Gasteiger charge is 2.55. The molecule has 3 amide bonds. The molecular weight excluding hydrogens is 747 g/mol. The standard InChI is InChI=1S/C37H46F2N3O10PS/c1-6-51-53(48,52-7-2)37(38,39)25-13-14-28-24(19-25)20-29(54-28)33(45)40-32(36(3,4)5)35(47)42-16-15-26(50-22-30(43)44)31(42)34(46)41-17-18-49-27(21-41)23-11-9-8-10-12-23/h8-14,19-20,26-27,31-32H,6-7,15-18,21-22H2,1-5H3,(H,40,45)(H,43,44)/t26-,27+,31+,32-/m1/s1. The molecule has 0 radical (unpaired) electrons. The van der Waals surface area contributed by atoms with Gasteiger partial charge < -0.3 is 38.7 Å². The number of carbonyl (C=O) groups is 4. The van der Waals surface area contributed by atoms with Gasteiger partial charge in [0.2, 0.25) is 11.8 Å². The quantitative estimate of drug-likeness (QED) is 0.185. The lowest BCUT2D eigenvalue weighted by atomic mass is 9.85. The first kappa shape index (κ1) is 41.4. The van der Waals surface area contributed by atoms with E-state index < -0.39 is 78.8 Å². The summed E-state index contributed by atoms with van der Waals surface area (Å²) in [4.78, 5) is 57.1. The van der Waals surface area contributed by atoms with E-state index in [4.69, 9.17) is 18.5 Å². The van der Waals surface area contributed by atoms with Crippen LogP contribution in [0, 0.1) is 5.41 Å². The molecule has 1 aromatic heterocycles. The van der Waals surface area contributed by atoms with Crippen molar-refractivity contribution in [2.45, 2.75) is 71.0 Å². The number of aliphatic carboxylic acids is 1. The normalized spacial score (nSPS) is 20.2. The third-order valence-corrected chi connectivity index (χ3v) is 12.5. The van der Waals surface area contributed by atoms with Crippen molar-refractivity contribution in [1.82, 2.24) is 15.1 Å². The smallest absolute Gasteiger partial charge is 0.404 e. The van der Waals surface area contributed by atoms with Crippen molar-refractivity contribution in [3.8, 4) is 0 Å². The molecule has 0 spiro atoms. The number of thiophene rings is 1. The van der Waals surface area contributed by atoms with Crippen LogP contribution in [-0.4, -0.2) is 103 Å². The van der Waals surface area contributed by atoms with Gasteiger partial charge >= 0.3 is 19.2 Å². The second-order valence-electron chi connectivity index (χ2n) is 14.1. The van der Waals surface area contributed by atoms with Crippen LogP contribution in [0.1, 0.15) is 67.9 Å². The Balaban J connectivity index is 1.39. The molecule has 294 valence electrons. The zero-order valence-corrected chi connectivity index (χ0v) is 32.5. The lowest BCUT2D eigenvalue weighted by Crippen LogP contribution is -2.60. The van der Waals surface area contributed by atoms with Crippen molar-refractivity contribution >= 4 is 52.7 Å². The number of alkyl halides is 2. The number of carboxylic acids is 1. The molecule has 0 unspecified atom stereocenters. The summed E-state index contributed by atoms with van der Waals surface area (Å²) in [7, 11) is -4.87. The Bertz CT molecular complexity index is 1880. The van der Waals surface area contributed by atoms with Crippen molar-refractivity contribution in [2.75, 3.05) is 46.1 Å². The number of nitrogens with one attached hydrogen (secondary N) is 1. The summed E-state index contributed by atoms with van der Waals surface area (Å²) in [6.07, 6.45) is -1.13. The predicted octanol–water partition coefficient (Wildman–Crippen LogP) is 6.03. The Labute approximate surface area is 316 Å². The van der Waals surface area contributed by atoms with Crippen molar-refractivity contribution in [3.63, 3.8) is 0 Å². The molecule has 3 aromatic rings. The number of fused-ring (bicyclic) bond motifs is 1. The Hall–Kier alpha value is -3.79. The lowest BCUT2D eigenvalue weighted by Gasteiger charge is -2.39. The maximum absolute atomic E-state index is 15.5. The summed E-state index contributed by atoms with van der Waals surface area (Å²) in [6.45, 7) is 7.73. The Kier molecular flexibility index (Phi) is 13.0. The van der Waals surface area contributed by atoms with Crippen molar-refractivity contribution in [1.29, 1.82) is 0 Å². The maximum Gasteiger partial charge on any atom is 0.404 e. The van der Waals surface area contributed by atoms with Crippen molar-refractivity contribution in [2.24, 2.45) is 5.41 Å². The zero-order chi connectivity index (χ0) is 39.4. The number of carboxylic acid groups (broad SMARTS) is 1. The van der Waals surface area contributed by atoms with Crippen molar-refractivity contribution in [3.05, 3.63) is 70.6 Å². The minimum Gasteiger partial charge on any atom is -0.480 e. The number of nitrogens with zero attached hydrogens (tertiary/aromatic N) is 2. The summed E-state index contributed by atoms with van der Waals surface area (Å²) in [5.41, 5.74) is -4.57. The first-order valence-corrected chi connectivity index (χ1v) is 20.1. The number of hydrogen-bond donors (Lipinski definition) is 2. The number of likely N-dealkylation sites (tertiary alicyclic amines) is 1. The van der Waals surface area contributed by atoms with Crippen LogP contribution in [-0.2, 0) is 43.1 Å². The van der Waals surface area contributed by atoms with Crippen LogP contribution in [0.2, 0.25) is 0 Å². The Morgan fingerprint density at radius 2 is 1.72 bits per heavy atom. The Morgan fingerprint density at radius 3 is 2.35 bits per heavy atom. The molecule has 4 atom stereocenters. The molecular formula is C37H46F2N3O10PS. The average molecular weight is 794 g/mol. The topological polar surface area (TPSA) is 161 Å². The van der Waals surface area contributed by atoms with Crippen molar-refractivity contribution < 1.29 is 56.2 Å². The molecule has 0 bridgehead atoms. The van der Waals surface area contributed by atoms with E-state index in [0.717, 1.165) is 29.0 Å². The van der Waals surface area contributed by atoms with Gasteiger partial charge in [0.15, 0.2) is 0 Å². The highest BCUT2D eigenvalue weighted by atomic mass is 32.1. The van der Waals surface area contributed by atoms with Gasteiger partial charge in [0.1, 0.15) is 24.8 Å². The van der Waals surface area contributed by atoms with E-state index in [1.165, 1.54) is 30.9 Å². The number of amides is 3. The summed E-state index contributed by atoms with van der Waals surface area (Å²) in [6, 6.07) is 12.1. The van der Waals surface area contributed by atoms with Crippen LogP contribution in [0.25, 0.3) is 10.1 Å². The van der Waals surface area contributed by atoms with Gasteiger partial charge in [-0.15, -0.1) is 11.3 Å². The summed E-state index contributed by atoms with van der Waals surface area (Å²) < 4.78 is 66.0. The number of hydrogen-bond acceptors (Lipinski definition) is 10. The molecule has 2 aliphatic heterocycles. The molecule has 3 heterocycles. The predicted molar refractivity (Wildman–Crippen MR) is 196 cm³/mol. The minimum atomic E-state index is -4.87. The third kappa shape index (κ3) is 8.85. The van der Waals surface area contributed by atoms with Crippen LogP contribution in [0.15, 0.2) is 54.6 Å². The zero-order valence-electron chi connectivity index (χ0n) is 30.8. The molecule has 2 fully saturated rings. The SMILES string of the molecule is CCOP(=O)(OCC)C(F)(F)c1ccc2sc(C(=O)N[C@H](C(=O)N3CC[C@@H](OCC(=O)O)[C@H]3C(=O)N3CCO[C@H](c4ccccc4)C3)C(C)(C)C)cc2c1. The van der Waals surface area contributed by atoms with E-state index in [2.05, 4.69) is 5.32 Å². The van der Waals surface area contributed by atoms with Gasteiger partial charge in [-0.25, -0.2) is 4.79 Å². The largest absolute Gasteiger partial charge is 0.480 e. The van der Waals surface area contributed by atoms with Gasteiger partial charge in [-0.3, -0.25) is 18.9 Å². The first-order valence-electron chi connectivity index (χ1n) is 17.7. The summed E-state index contributed by atoms with van der Waals surface area (Å²) in [5, 5.41) is 12.4. The lowest BCUT2D eigenvalue weighted by molar-refractivity contribution is -0.157. The number of carbonyl (C=O) groups excluding carboxylic acids is 3. The van der Waals surface area contributed by atoms with Crippen LogP contribution in [0.5, 0.6) is 0 Å². The van der Waals surface area contributed by atoms with E-state index in [0.29, 0.717) is 4.70 Å². The summed E-state index contributed by atoms with van der Waals surface area (Å²) >= 11 is 1.02. The first-order chi connectivity index (χ1) is 25.5. The molecule has 5 rings (SSSR count). The number of rotatable bonds is 14. The molecule has 17 heteroatoms. The van der Waals surface area contributed by atoms with E-state index >= 15 is 8.78 Å². The van der Waals surface area contributed by atoms with Gasteiger partial charge in [-0.05, 0) is 54.8 Å². The third-order valence-electron chi connectivity index (χ3n) is 9.27. The molecule has 0 aliphatic carbocycles. The second kappa shape index (κ2) is 16.9. The van der Waals surface area contributed by atoms with E-state index in [-0.39, 0.29) is 56.1 Å². The molecule has 2 N–H and O–H groups in total. The summed E-state index contributed by atoms with van der Waals surface area (Å²) in [5.74, 6) is -2.85. The second-order valence-corrected chi connectivity index (χ2v) is 17.2. The molecule has 2 aliphatic rings. The van der Waals surface area contributed by atoms with E-state index in [9.17, 15) is 28.8 Å². The van der Waals surface area contributed by atoms with Crippen LogP contribution < -0.4 is 5.32 Å². The van der Waals surface area contributed by atoms with Gasteiger partial charge in [0, 0.05) is 23.4 Å². The van der Waals surface area contributed by atoms with Crippen LogP contribution in [0.4, 0.5) is 8.78 Å². The van der Waals surface area contributed by atoms with Gasteiger partial charge in [-0.2, -0.15) is 8.78 Å². The number of benzene rings is 2. The number of ether oxygens (including phenoxy) is 2. The van der Waals surface area contributed by atoms with Crippen LogP contribution >= 0.6 is 18.9 Å². The van der Waals surface area contributed by atoms with Gasteiger partial charge in [0.05, 0.1) is 37.3 Å². The minimum absolute atomic E-state index is 0.0711. The maximum atomic E-state index is 15.5. The fourth-order valence-corrected chi connectivity index (χ4v) is 9.10. The molecule has 0 saturated carbocycles. The van der Waals surface area contributed by atoms with E-state index in [1.807, 2.05) is 30.3 Å². The van der Waals surface area contributed by atoms with Crippen LogP contribution in [0.3, 0.4) is 0 Å². The molecule has 2 aromatic carbocycles. The highest BCUT2D eigenvalue weighted by molar-refractivity contribution is 7.54. The molecule has 54 heavy (non-hydrogen) atoms.